The zero-order valence-corrected chi connectivity index (χ0v) is 12.7. The molecule has 0 bridgehead atoms. The third-order valence-electron chi connectivity index (χ3n) is 3.25. The van der Waals surface area contributed by atoms with Crippen LogP contribution in [-0.4, -0.2) is 14.6 Å². The maximum absolute atomic E-state index is 6.47. The van der Waals surface area contributed by atoms with E-state index in [1.54, 1.807) is 4.52 Å². The standard InChI is InChI=1S/C15H13Cl2N3/c1-3-11-8-12-18-14(16)13(15(17)20(12)19-11)10-6-4-9(2)5-7-10/h4-8H,3H2,1-2H3. The Bertz CT molecular complexity index is 776. The van der Waals surface area contributed by atoms with Gasteiger partial charge in [0.25, 0.3) is 0 Å². The van der Waals surface area contributed by atoms with Gasteiger partial charge in [-0.3, -0.25) is 0 Å². The van der Waals surface area contributed by atoms with Crippen molar-refractivity contribution in [1.82, 2.24) is 14.6 Å². The van der Waals surface area contributed by atoms with Crippen molar-refractivity contribution < 1.29 is 0 Å². The fourth-order valence-electron chi connectivity index (χ4n) is 2.12. The van der Waals surface area contributed by atoms with Crippen molar-refractivity contribution in [2.45, 2.75) is 20.3 Å². The number of nitrogens with zero attached hydrogens (tertiary/aromatic N) is 3. The van der Waals surface area contributed by atoms with Crippen molar-refractivity contribution in [3.05, 3.63) is 51.9 Å². The number of benzene rings is 1. The van der Waals surface area contributed by atoms with Gasteiger partial charge in [0.05, 0.1) is 11.3 Å². The van der Waals surface area contributed by atoms with E-state index >= 15 is 0 Å². The molecule has 102 valence electrons. The average Bonchev–Trinajstić information content (AvgIpc) is 2.84. The molecule has 0 aliphatic heterocycles. The van der Waals surface area contributed by atoms with Crippen molar-refractivity contribution >= 4 is 28.8 Å². The third-order valence-corrected chi connectivity index (χ3v) is 3.88. The molecule has 0 spiro atoms. The molecule has 0 aliphatic rings. The molecule has 5 heteroatoms. The Labute approximate surface area is 127 Å². The Kier molecular flexibility index (Phi) is 3.40. The minimum Gasteiger partial charge on any atom is -0.216 e. The normalized spacial score (nSPS) is 11.2. The molecule has 3 nitrogen and oxygen atoms in total. The Morgan fingerprint density at radius 2 is 1.85 bits per heavy atom. The molecule has 0 atom stereocenters. The second kappa shape index (κ2) is 5.08. The van der Waals surface area contributed by atoms with Crippen LogP contribution in [-0.2, 0) is 6.42 Å². The van der Waals surface area contributed by atoms with Crippen LogP contribution in [0.3, 0.4) is 0 Å². The molecule has 0 amide bonds. The second-order valence-corrected chi connectivity index (χ2v) is 5.41. The maximum atomic E-state index is 6.47. The molecular weight excluding hydrogens is 293 g/mol. The van der Waals surface area contributed by atoms with E-state index in [4.69, 9.17) is 23.2 Å². The van der Waals surface area contributed by atoms with Gasteiger partial charge in [0.1, 0.15) is 10.3 Å². The first-order valence-corrected chi connectivity index (χ1v) is 7.16. The molecule has 0 fully saturated rings. The summed E-state index contributed by atoms with van der Waals surface area (Å²) in [4.78, 5) is 4.39. The molecule has 20 heavy (non-hydrogen) atoms. The Hall–Kier alpha value is -1.58. The van der Waals surface area contributed by atoms with Crippen molar-refractivity contribution in [2.24, 2.45) is 0 Å². The highest BCUT2D eigenvalue weighted by Crippen LogP contribution is 2.34. The number of hydrogen-bond donors (Lipinski definition) is 0. The largest absolute Gasteiger partial charge is 0.216 e. The minimum absolute atomic E-state index is 0.397. The molecule has 1 aromatic carbocycles. The van der Waals surface area contributed by atoms with Gasteiger partial charge in [-0.1, -0.05) is 60.0 Å². The van der Waals surface area contributed by atoms with Crippen LogP contribution in [0.15, 0.2) is 30.3 Å². The summed E-state index contributed by atoms with van der Waals surface area (Å²) in [6, 6.07) is 9.91. The first kappa shape index (κ1) is 13.4. The molecule has 3 rings (SSSR count). The van der Waals surface area contributed by atoms with Gasteiger partial charge in [0, 0.05) is 6.07 Å². The summed E-state index contributed by atoms with van der Waals surface area (Å²) >= 11 is 12.8. The van der Waals surface area contributed by atoms with Crippen LogP contribution in [0.25, 0.3) is 16.8 Å². The van der Waals surface area contributed by atoms with E-state index < -0.39 is 0 Å². The molecular formula is C15H13Cl2N3. The van der Waals surface area contributed by atoms with E-state index in [0.717, 1.165) is 17.7 Å². The zero-order chi connectivity index (χ0) is 14.3. The number of fused-ring (bicyclic) bond motifs is 1. The SMILES string of the molecule is CCc1cc2nc(Cl)c(-c3ccc(C)cc3)c(Cl)n2n1. The first-order valence-electron chi connectivity index (χ1n) is 6.41. The van der Waals surface area contributed by atoms with E-state index in [1.165, 1.54) is 5.56 Å². The lowest BCUT2D eigenvalue weighted by Crippen LogP contribution is -1.97. The lowest BCUT2D eigenvalue weighted by molar-refractivity contribution is 0.889. The van der Waals surface area contributed by atoms with Gasteiger partial charge in [-0.2, -0.15) is 5.10 Å². The summed E-state index contributed by atoms with van der Waals surface area (Å²) in [5.74, 6) is 0. The Morgan fingerprint density at radius 1 is 1.15 bits per heavy atom. The van der Waals surface area contributed by atoms with E-state index in [9.17, 15) is 0 Å². The average molecular weight is 306 g/mol. The molecule has 3 aromatic rings. The van der Waals surface area contributed by atoms with E-state index in [2.05, 4.69) is 10.1 Å². The summed E-state index contributed by atoms with van der Waals surface area (Å²) in [7, 11) is 0. The Balaban J connectivity index is 2.27. The molecule has 2 aromatic heterocycles. The number of halogens is 2. The van der Waals surface area contributed by atoms with Crippen LogP contribution in [0.1, 0.15) is 18.2 Å². The van der Waals surface area contributed by atoms with Crippen LogP contribution in [0.5, 0.6) is 0 Å². The summed E-state index contributed by atoms with van der Waals surface area (Å²) in [6.07, 6.45) is 0.831. The van der Waals surface area contributed by atoms with Gasteiger partial charge in [-0.05, 0) is 18.9 Å². The highest BCUT2D eigenvalue weighted by Gasteiger charge is 2.16. The highest BCUT2D eigenvalue weighted by atomic mass is 35.5. The number of hydrogen-bond acceptors (Lipinski definition) is 2. The second-order valence-electron chi connectivity index (χ2n) is 4.69. The summed E-state index contributed by atoms with van der Waals surface area (Å²) in [6.45, 7) is 4.08. The molecule has 0 radical (unpaired) electrons. The van der Waals surface area contributed by atoms with Crippen LogP contribution in [0, 0.1) is 6.92 Å². The van der Waals surface area contributed by atoms with Gasteiger partial charge >= 0.3 is 0 Å². The van der Waals surface area contributed by atoms with Crippen molar-refractivity contribution in [1.29, 1.82) is 0 Å². The van der Waals surface area contributed by atoms with Gasteiger partial charge in [-0.25, -0.2) is 9.50 Å². The maximum Gasteiger partial charge on any atom is 0.158 e. The van der Waals surface area contributed by atoms with E-state index in [0.29, 0.717) is 21.5 Å². The molecule has 2 heterocycles. The van der Waals surface area contributed by atoms with Crippen LogP contribution in [0.4, 0.5) is 0 Å². The molecule has 0 saturated carbocycles. The lowest BCUT2D eigenvalue weighted by Gasteiger charge is -2.08. The van der Waals surface area contributed by atoms with Crippen molar-refractivity contribution in [2.75, 3.05) is 0 Å². The highest BCUT2D eigenvalue weighted by molar-refractivity contribution is 6.38. The van der Waals surface area contributed by atoms with Gasteiger partial charge in [-0.15, -0.1) is 0 Å². The fraction of sp³-hybridized carbons (Fsp3) is 0.200. The van der Waals surface area contributed by atoms with E-state index in [1.807, 2.05) is 44.2 Å². The van der Waals surface area contributed by atoms with Crippen LogP contribution in [0.2, 0.25) is 10.3 Å². The summed E-state index contributed by atoms with van der Waals surface area (Å²) < 4.78 is 1.64. The predicted molar refractivity (Wildman–Crippen MR) is 82.6 cm³/mol. The number of rotatable bonds is 2. The number of aromatic nitrogens is 3. The smallest absolute Gasteiger partial charge is 0.158 e. The zero-order valence-electron chi connectivity index (χ0n) is 11.2. The molecule has 0 unspecified atom stereocenters. The molecule has 0 saturated heterocycles. The van der Waals surface area contributed by atoms with Gasteiger partial charge < -0.3 is 0 Å². The predicted octanol–water partition coefficient (Wildman–Crippen LogP) is 4.57. The number of aryl methyl sites for hydroxylation is 2. The monoisotopic (exact) mass is 305 g/mol. The molecule has 0 aliphatic carbocycles. The fourth-order valence-corrected chi connectivity index (χ4v) is 2.78. The minimum atomic E-state index is 0.397. The first-order chi connectivity index (χ1) is 9.60. The van der Waals surface area contributed by atoms with Crippen LogP contribution < -0.4 is 0 Å². The topological polar surface area (TPSA) is 30.2 Å². The van der Waals surface area contributed by atoms with E-state index in [-0.39, 0.29) is 0 Å². The van der Waals surface area contributed by atoms with Crippen molar-refractivity contribution in [3.63, 3.8) is 0 Å². The van der Waals surface area contributed by atoms with Gasteiger partial charge in [0.15, 0.2) is 5.65 Å². The Morgan fingerprint density at radius 3 is 2.50 bits per heavy atom. The van der Waals surface area contributed by atoms with Crippen molar-refractivity contribution in [3.8, 4) is 11.1 Å². The van der Waals surface area contributed by atoms with Gasteiger partial charge in [0.2, 0.25) is 0 Å². The quantitative estimate of drug-likeness (QED) is 0.649. The van der Waals surface area contributed by atoms with Crippen LogP contribution >= 0.6 is 23.2 Å². The molecule has 0 N–H and O–H groups in total. The summed E-state index contributed by atoms with van der Waals surface area (Å²) in [5.41, 5.74) is 4.45. The summed E-state index contributed by atoms with van der Waals surface area (Å²) in [5, 5.41) is 5.33. The third kappa shape index (κ3) is 2.17. The lowest BCUT2D eigenvalue weighted by atomic mass is 10.1.